The van der Waals surface area contributed by atoms with Gasteiger partial charge in [0.1, 0.15) is 0 Å². The maximum absolute atomic E-state index is 11.3. The van der Waals surface area contributed by atoms with E-state index in [1.807, 2.05) is 50.2 Å². The quantitative estimate of drug-likeness (QED) is 0.590. The fourth-order valence-electron chi connectivity index (χ4n) is 1.67. The Kier molecular flexibility index (Phi) is 5.21. The van der Waals surface area contributed by atoms with Gasteiger partial charge in [0, 0.05) is 31.1 Å². The van der Waals surface area contributed by atoms with Crippen molar-refractivity contribution < 1.29 is 14.3 Å². The third-order valence-corrected chi connectivity index (χ3v) is 3.70. The zero-order valence-corrected chi connectivity index (χ0v) is 13.4. The fourth-order valence-corrected chi connectivity index (χ4v) is 2.35. The zero-order valence-electron chi connectivity index (χ0n) is 12.6. The van der Waals surface area contributed by atoms with Crippen molar-refractivity contribution in [1.82, 2.24) is 10.2 Å². The Balaban J connectivity index is 2.21. The third-order valence-electron chi connectivity index (χ3n) is 2.86. The van der Waals surface area contributed by atoms with Crippen molar-refractivity contribution in [2.45, 2.75) is 18.6 Å². The molecule has 0 unspecified atom stereocenters. The number of aryl methyl sites for hydroxylation is 1. The van der Waals surface area contributed by atoms with Crippen LogP contribution in [0.25, 0.3) is 6.08 Å². The molecule has 0 aliphatic heterocycles. The minimum Gasteiger partial charge on any atom is -0.544 e. The van der Waals surface area contributed by atoms with Gasteiger partial charge in [-0.1, -0.05) is 19.1 Å². The smallest absolute Gasteiger partial charge is 0.281 e. The molecule has 0 radical (unpaired) electrons. The van der Waals surface area contributed by atoms with Gasteiger partial charge in [-0.15, -0.1) is 10.2 Å². The van der Waals surface area contributed by atoms with Crippen LogP contribution in [0.15, 0.2) is 38.8 Å². The number of aliphatic carboxylic acids is 1. The van der Waals surface area contributed by atoms with Crippen LogP contribution in [0.3, 0.4) is 0 Å². The fraction of sp³-hybridized carbons (Fsp3) is 0.267. The molecule has 22 heavy (non-hydrogen) atoms. The first kappa shape index (κ1) is 16.1. The molecule has 7 heteroatoms. The van der Waals surface area contributed by atoms with Gasteiger partial charge < -0.3 is 19.2 Å². The summed E-state index contributed by atoms with van der Waals surface area (Å²) < 4.78 is 5.30. The SMILES string of the molecule is CCc1nnc(S/C(=C\c2ccc(N(C)C)cc2)C(=O)[O-])o1. The highest BCUT2D eigenvalue weighted by Crippen LogP contribution is 2.27. The minimum absolute atomic E-state index is 0.0175. The lowest BCUT2D eigenvalue weighted by Crippen LogP contribution is -2.23. The average Bonchev–Trinajstić information content (AvgIpc) is 2.94. The lowest BCUT2D eigenvalue weighted by atomic mass is 10.2. The third kappa shape index (κ3) is 4.11. The first-order valence-electron chi connectivity index (χ1n) is 6.70. The van der Waals surface area contributed by atoms with Gasteiger partial charge in [-0.25, -0.2) is 0 Å². The Morgan fingerprint density at radius 3 is 2.50 bits per heavy atom. The number of carbonyl (C=O) groups is 1. The summed E-state index contributed by atoms with van der Waals surface area (Å²) in [5, 5.41) is 19.1. The number of carboxylic acid groups (broad SMARTS) is 1. The van der Waals surface area contributed by atoms with Crippen molar-refractivity contribution in [3.8, 4) is 0 Å². The van der Waals surface area contributed by atoms with E-state index in [2.05, 4.69) is 10.2 Å². The van der Waals surface area contributed by atoms with E-state index >= 15 is 0 Å². The molecule has 0 saturated heterocycles. The van der Waals surface area contributed by atoms with Gasteiger partial charge in [0.2, 0.25) is 5.89 Å². The van der Waals surface area contributed by atoms with Crippen LogP contribution in [0.5, 0.6) is 0 Å². The number of aromatic nitrogens is 2. The Morgan fingerprint density at radius 2 is 2.00 bits per heavy atom. The number of nitrogens with zero attached hydrogens (tertiary/aromatic N) is 3. The second-order valence-electron chi connectivity index (χ2n) is 4.70. The number of carboxylic acids is 1. The monoisotopic (exact) mass is 318 g/mol. The van der Waals surface area contributed by atoms with E-state index in [4.69, 9.17) is 4.42 Å². The maximum atomic E-state index is 11.3. The molecule has 1 aromatic carbocycles. The summed E-state index contributed by atoms with van der Waals surface area (Å²) in [5.74, 6) is -0.812. The highest BCUT2D eigenvalue weighted by molar-refractivity contribution is 8.03. The molecule has 0 aliphatic rings. The molecule has 2 rings (SSSR count). The van der Waals surface area contributed by atoms with Crippen LogP contribution >= 0.6 is 11.8 Å². The van der Waals surface area contributed by atoms with Crippen molar-refractivity contribution >= 4 is 29.5 Å². The summed E-state index contributed by atoms with van der Waals surface area (Å²) in [6.45, 7) is 1.88. The number of hydrogen-bond acceptors (Lipinski definition) is 7. The molecule has 0 bridgehead atoms. The second kappa shape index (κ2) is 7.13. The van der Waals surface area contributed by atoms with Crippen LogP contribution in [-0.2, 0) is 11.2 Å². The van der Waals surface area contributed by atoms with Gasteiger partial charge in [-0.2, -0.15) is 0 Å². The van der Waals surface area contributed by atoms with Gasteiger partial charge in [0.05, 0.1) is 5.97 Å². The number of carbonyl (C=O) groups excluding carboxylic acids is 1. The van der Waals surface area contributed by atoms with Crippen molar-refractivity contribution in [1.29, 1.82) is 0 Å². The minimum atomic E-state index is -1.28. The average molecular weight is 318 g/mol. The topological polar surface area (TPSA) is 82.3 Å². The van der Waals surface area contributed by atoms with Gasteiger partial charge in [0.15, 0.2) is 0 Å². The van der Waals surface area contributed by atoms with Gasteiger partial charge in [0.25, 0.3) is 5.22 Å². The summed E-state index contributed by atoms with van der Waals surface area (Å²) >= 11 is 0.887. The second-order valence-corrected chi connectivity index (χ2v) is 5.69. The number of anilines is 1. The van der Waals surface area contributed by atoms with Crippen LogP contribution < -0.4 is 10.0 Å². The molecule has 116 valence electrons. The Bertz CT molecular complexity index is 678. The largest absolute Gasteiger partial charge is 0.544 e. The molecule has 0 saturated carbocycles. The summed E-state index contributed by atoms with van der Waals surface area (Å²) in [6, 6.07) is 7.49. The summed E-state index contributed by atoms with van der Waals surface area (Å²) in [6.07, 6.45) is 2.12. The number of rotatable bonds is 6. The van der Waals surface area contributed by atoms with E-state index in [0.717, 1.165) is 23.0 Å². The first-order valence-corrected chi connectivity index (χ1v) is 7.52. The van der Waals surface area contributed by atoms with E-state index in [9.17, 15) is 9.90 Å². The molecule has 0 N–H and O–H groups in total. The predicted molar refractivity (Wildman–Crippen MR) is 83.3 cm³/mol. The maximum Gasteiger partial charge on any atom is 0.281 e. The lowest BCUT2D eigenvalue weighted by Gasteiger charge is -2.12. The van der Waals surface area contributed by atoms with E-state index in [0.29, 0.717) is 12.3 Å². The van der Waals surface area contributed by atoms with Gasteiger partial charge in [-0.05, 0) is 35.5 Å². The molecular formula is C15H16N3O3S-. The van der Waals surface area contributed by atoms with Crippen LogP contribution in [0.2, 0.25) is 0 Å². The van der Waals surface area contributed by atoms with Crippen molar-refractivity contribution in [3.63, 3.8) is 0 Å². The molecule has 6 nitrogen and oxygen atoms in total. The van der Waals surface area contributed by atoms with E-state index in [1.54, 1.807) is 0 Å². The van der Waals surface area contributed by atoms with Crippen LogP contribution in [0.4, 0.5) is 5.69 Å². The molecular weight excluding hydrogens is 302 g/mol. The molecule has 0 fully saturated rings. The number of thioether (sulfide) groups is 1. The molecule has 0 spiro atoms. The Morgan fingerprint density at radius 1 is 1.32 bits per heavy atom. The van der Waals surface area contributed by atoms with E-state index in [-0.39, 0.29) is 10.1 Å². The van der Waals surface area contributed by atoms with Gasteiger partial charge >= 0.3 is 0 Å². The van der Waals surface area contributed by atoms with E-state index in [1.165, 1.54) is 6.08 Å². The van der Waals surface area contributed by atoms with Gasteiger partial charge in [-0.3, -0.25) is 0 Å². The Labute approximate surface area is 132 Å². The number of hydrogen-bond donors (Lipinski definition) is 0. The summed E-state index contributed by atoms with van der Waals surface area (Å²) in [7, 11) is 3.88. The van der Waals surface area contributed by atoms with Crippen LogP contribution in [0.1, 0.15) is 18.4 Å². The van der Waals surface area contributed by atoms with Crippen LogP contribution in [0, 0.1) is 0 Å². The van der Waals surface area contributed by atoms with Crippen LogP contribution in [-0.4, -0.2) is 30.3 Å². The van der Waals surface area contributed by atoms with Crippen molar-refractivity contribution in [2.24, 2.45) is 0 Å². The highest BCUT2D eigenvalue weighted by Gasteiger charge is 2.10. The molecule has 1 heterocycles. The normalized spacial score (nSPS) is 11.5. The first-order chi connectivity index (χ1) is 10.5. The van der Waals surface area contributed by atoms with Crippen molar-refractivity contribution in [2.75, 3.05) is 19.0 Å². The van der Waals surface area contributed by atoms with E-state index < -0.39 is 5.97 Å². The predicted octanol–water partition coefficient (Wildman–Crippen LogP) is 1.58. The molecule has 2 aromatic rings. The molecule has 1 aromatic heterocycles. The Hall–Kier alpha value is -2.28. The lowest BCUT2D eigenvalue weighted by molar-refractivity contribution is -0.298. The molecule has 0 atom stereocenters. The highest BCUT2D eigenvalue weighted by atomic mass is 32.2. The number of benzene rings is 1. The standard InChI is InChI=1S/C15H17N3O3S/c1-4-13-16-17-15(21-13)22-12(14(19)20)9-10-5-7-11(8-6-10)18(2)3/h5-9H,4H2,1-3H3,(H,19,20)/p-1/b12-9-. The summed E-state index contributed by atoms with van der Waals surface area (Å²) in [5.41, 5.74) is 1.79. The zero-order chi connectivity index (χ0) is 16.1. The van der Waals surface area contributed by atoms with Crippen molar-refractivity contribution in [3.05, 3.63) is 40.6 Å². The summed E-state index contributed by atoms with van der Waals surface area (Å²) in [4.78, 5) is 13.2. The molecule has 0 amide bonds. The molecule has 0 aliphatic carbocycles.